The maximum Gasteiger partial charge on any atom is 0.280 e. The van der Waals surface area contributed by atoms with E-state index in [0.717, 1.165) is 11.8 Å². The Hall–Kier alpha value is -2.87. The molecule has 0 atom stereocenters. The number of sulfone groups is 1. The van der Waals surface area contributed by atoms with Crippen LogP contribution in [0, 0.1) is 13.8 Å². The molecule has 0 spiro atoms. The number of carbonyl (C=O) groups excluding carboxylic acids is 1. The zero-order chi connectivity index (χ0) is 18.8. The van der Waals surface area contributed by atoms with Crippen LogP contribution in [0.1, 0.15) is 21.5 Å². The monoisotopic (exact) mass is 361 g/mol. The van der Waals surface area contributed by atoms with Gasteiger partial charge in [0.05, 0.1) is 0 Å². The third-order valence-corrected chi connectivity index (χ3v) is 4.52. The van der Waals surface area contributed by atoms with Crippen LogP contribution in [0.15, 0.2) is 46.3 Å². The van der Waals surface area contributed by atoms with E-state index in [1.54, 1.807) is 19.1 Å². The van der Waals surface area contributed by atoms with Crippen molar-refractivity contribution in [1.82, 2.24) is 0 Å². The van der Waals surface area contributed by atoms with Crippen LogP contribution in [0.3, 0.4) is 0 Å². The van der Waals surface area contributed by atoms with Gasteiger partial charge in [0.25, 0.3) is 5.91 Å². The average molecular weight is 361 g/mol. The number of nitrogens with two attached hydrogens (primary N) is 2. The normalized spacial score (nSPS) is 11.0. The lowest BCUT2D eigenvalue weighted by molar-refractivity contribution is 0.100. The van der Waals surface area contributed by atoms with Crippen LogP contribution >= 0.6 is 0 Å². The Bertz CT molecular complexity index is 945. The fourth-order valence-corrected chi connectivity index (χ4v) is 2.97. The van der Waals surface area contributed by atoms with Crippen molar-refractivity contribution in [2.45, 2.75) is 18.7 Å². The van der Waals surface area contributed by atoms with E-state index in [1.807, 2.05) is 19.1 Å². The molecule has 0 saturated heterocycles. The van der Waals surface area contributed by atoms with Gasteiger partial charge in [0.15, 0.2) is 15.8 Å². The molecule has 0 aliphatic rings. The fourth-order valence-electron chi connectivity index (χ4n) is 2.17. The highest BCUT2D eigenvalue weighted by atomic mass is 32.2. The highest BCUT2D eigenvalue weighted by Crippen LogP contribution is 2.32. The number of guanidine groups is 1. The number of aliphatic imine (C=N–C) groups is 1. The lowest BCUT2D eigenvalue weighted by Gasteiger charge is -2.13. The second-order valence-electron chi connectivity index (χ2n) is 5.64. The van der Waals surface area contributed by atoms with E-state index < -0.39 is 21.7 Å². The Balaban J connectivity index is 2.57. The quantitative estimate of drug-likeness (QED) is 0.633. The number of aryl methyl sites for hydroxylation is 2. The molecule has 0 unspecified atom stereocenters. The molecule has 0 radical (unpaired) electrons. The van der Waals surface area contributed by atoms with Gasteiger partial charge in [0.1, 0.15) is 16.4 Å². The summed E-state index contributed by atoms with van der Waals surface area (Å²) in [4.78, 5) is 15.4. The zero-order valence-electron chi connectivity index (χ0n) is 14.1. The van der Waals surface area contributed by atoms with Gasteiger partial charge in [0.2, 0.25) is 0 Å². The van der Waals surface area contributed by atoms with Crippen LogP contribution < -0.4 is 16.2 Å². The molecule has 1 amide bonds. The number of hydrogen-bond acceptors (Lipinski definition) is 4. The molecule has 0 bridgehead atoms. The molecular formula is C17H19N3O4S. The van der Waals surface area contributed by atoms with E-state index in [1.165, 1.54) is 12.1 Å². The number of carbonyl (C=O) groups is 1. The van der Waals surface area contributed by atoms with Crippen molar-refractivity contribution in [2.24, 2.45) is 16.5 Å². The molecule has 0 aliphatic carbocycles. The summed E-state index contributed by atoms with van der Waals surface area (Å²) in [5, 5.41) is 0. The van der Waals surface area contributed by atoms with Gasteiger partial charge in [-0.1, -0.05) is 17.7 Å². The molecule has 7 nitrogen and oxygen atoms in total. The summed E-state index contributed by atoms with van der Waals surface area (Å²) in [7, 11) is -3.65. The van der Waals surface area contributed by atoms with Gasteiger partial charge in [-0.15, -0.1) is 0 Å². The highest BCUT2D eigenvalue weighted by molar-refractivity contribution is 7.90. The molecule has 0 fully saturated rings. The molecule has 2 aromatic rings. The zero-order valence-corrected chi connectivity index (χ0v) is 14.9. The van der Waals surface area contributed by atoms with Crippen molar-refractivity contribution >= 4 is 21.7 Å². The van der Waals surface area contributed by atoms with Gasteiger partial charge >= 0.3 is 0 Å². The van der Waals surface area contributed by atoms with E-state index in [9.17, 15) is 13.2 Å². The van der Waals surface area contributed by atoms with Crippen LogP contribution in [-0.2, 0) is 9.84 Å². The fraction of sp³-hybridized carbons (Fsp3) is 0.176. The van der Waals surface area contributed by atoms with E-state index in [2.05, 4.69) is 4.99 Å². The molecule has 132 valence electrons. The van der Waals surface area contributed by atoms with Crippen LogP contribution in [0.4, 0.5) is 0 Å². The first kappa shape index (κ1) is 18.5. The first-order valence-corrected chi connectivity index (χ1v) is 9.20. The predicted molar refractivity (Wildman–Crippen MR) is 95.7 cm³/mol. The summed E-state index contributed by atoms with van der Waals surface area (Å²) >= 11 is 0. The lowest BCUT2D eigenvalue weighted by Crippen LogP contribution is -2.24. The van der Waals surface area contributed by atoms with Crippen LogP contribution in [0.2, 0.25) is 0 Å². The SMILES string of the molecule is Cc1ccc(Oc2cc(C)c(C(=O)N=C(N)N)cc2S(C)(=O)=O)cc1. The smallest absolute Gasteiger partial charge is 0.280 e. The Morgan fingerprint density at radius 2 is 1.68 bits per heavy atom. The molecule has 0 aliphatic heterocycles. The van der Waals surface area contributed by atoms with Crippen molar-refractivity contribution in [2.75, 3.05) is 6.26 Å². The largest absolute Gasteiger partial charge is 0.456 e. The molecule has 4 N–H and O–H groups in total. The maximum absolute atomic E-state index is 12.1. The van der Waals surface area contributed by atoms with Crippen molar-refractivity contribution in [1.29, 1.82) is 0 Å². The molecule has 0 saturated carbocycles. The number of benzene rings is 2. The van der Waals surface area contributed by atoms with E-state index in [-0.39, 0.29) is 16.2 Å². The number of rotatable bonds is 4. The molecule has 2 rings (SSSR count). The minimum atomic E-state index is -3.65. The summed E-state index contributed by atoms with van der Waals surface area (Å²) < 4.78 is 30.0. The van der Waals surface area contributed by atoms with Gasteiger partial charge in [-0.2, -0.15) is 4.99 Å². The highest BCUT2D eigenvalue weighted by Gasteiger charge is 2.21. The number of nitrogens with zero attached hydrogens (tertiary/aromatic N) is 1. The van der Waals surface area contributed by atoms with Crippen molar-refractivity contribution in [3.05, 3.63) is 53.1 Å². The molecule has 2 aromatic carbocycles. The second-order valence-corrected chi connectivity index (χ2v) is 7.63. The van der Waals surface area contributed by atoms with E-state index in [4.69, 9.17) is 16.2 Å². The van der Waals surface area contributed by atoms with Gasteiger partial charge < -0.3 is 16.2 Å². The summed E-state index contributed by atoms with van der Waals surface area (Å²) in [6.07, 6.45) is 1.04. The predicted octanol–water partition coefficient (Wildman–Crippen LogP) is 1.91. The third-order valence-electron chi connectivity index (χ3n) is 3.40. The third kappa shape index (κ3) is 4.57. The first-order valence-electron chi connectivity index (χ1n) is 7.31. The van der Waals surface area contributed by atoms with Crippen molar-refractivity contribution in [3.8, 4) is 11.5 Å². The minimum Gasteiger partial charge on any atom is -0.456 e. The summed E-state index contributed by atoms with van der Waals surface area (Å²) in [5.74, 6) is -0.502. The molecule has 0 heterocycles. The Morgan fingerprint density at radius 1 is 1.08 bits per heavy atom. The van der Waals surface area contributed by atoms with Crippen LogP contribution in [0.5, 0.6) is 11.5 Å². The molecule has 25 heavy (non-hydrogen) atoms. The number of ether oxygens (including phenoxy) is 1. The number of hydrogen-bond donors (Lipinski definition) is 2. The first-order chi connectivity index (χ1) is 11.6. The van der Waals surface area contributed by atoms with Crippen LogP contribution in [-0.4, -0.2) is 26.5 Å². The Kier molecular flexibility index (Phi) is 5.13. The molecular weight excluding hydrogens is 342 g/mol. The van der Waals surface area contributed by atoms with Gasteiger partial charge in [0, 0.05) is 11.8 Å². The van der Waals surface area contributed by atoms with E-state index in [0.29, 0.717) is 11.3 Å². The van der Waals surface area contributed by atoms with Crippen molar-refractivity contribution < 1.29 is 17.9 Å². The molecule has 8 heteroatoms. The van der Waals surface area contributed by atoms with Gasteiger partial charge in [-0.25, -0.2) is 8.42 Å². The van der Waals surface area contributed by atoms with Crippen molar-refractivity contribution in [3.63, 3.8) is 0 Å². The summed E-state index contributed by atoms with van der Waals surface area (Å²) in [6.45, 7) is 3.57. The Morgan fingerprint density at radius 3 is 2.20 bits per heavy atom. The Labute approximate surface area is 146 Å². The molecule has 0 aromatic heterocycles. The van der Waals surface area contributed by atoms with E-state index >= 15 is 0 Å². The second kappa shape index (κ2) is 6.94. The maximum atomic E-state index is 12.1. The van der Waals surface area contributed by atoms with Gasteiger partial charge in [-0.3, -0.25) is 4.79 Å². The topological polar surface area (TPSA) is 125 Å². The standard InChI is InChI=1S/C17H19N3O4S/c1-10-4-6-12(7-5-10)24-14-8-11(2)13(16(21)20-17(18)19)9-15(14)25(3,22)23/h4-9H,1-3H3,(H4,18,19,20,21). The van der Waals surface area contributed by atoms with Gasteiger partial charge in [-0.05, 0) is 43.7 Å². The number of amides is 1. The summed E-state index contributed by atoms with van der Waals surface area (Å²) in [6, 6.07) is 9.86. The summed E-state index contributed by atoms with van der Waals surface area (Å²) in [5.41, 5.74) is 12.1. The van der Waals surface area contributed by atoms with Crippen LogP contribution in [0.25, 0.3) is 0 Å². The minimum absolute atomic E-state index is 0.0880. The lowest BCUT2D eigenvalue weighted by atomic mass is 10.1. The average Bonchev–Trinajstić information content (AvgIpc) is 2.47.